The van der Waals surface area contributed by atoms with E-state index < -0.39 is 0 Å². The number of benzene rings is 1. The van der Waals surface area contributed by atoms with Crippen LogP contribution in [0.25, 0.3) is 11.0 Å². The van der Waals surface area contributed by atoms with Gasteiger partial charge < -0.3 is 13.9 Å². The Morgan fingerprint density at radius 2 is 1.76 bits per heavy atom. The van der Waals surface area contributed by atoms with Crippen LogP contribution in [0.2, 0.25) is 0 Å². The van der Waals surface area contributed by atoms with Crippen molar-refractivity contribution in [3.63, 3.8) is 0 Å². The van der Waals surface area contributed by atoms with Gasteiger partial charge in [0.25, 0.3) is 0 Å². The maximum Gasteiger partial charge on any atom is 0.494 e. The second kappa shape index (κ2) is 5.85. The van der Waals surface area contributed by atoms with Crippen molar-refractivity contribution in [3.05, 3.63) is 24.5 Å². The molecule has 2 aliphatic rings. The first-order valence-electron chi connectivity index (χ1n) is 9.61. The number of nitrogens with zero attached hydrogens (tertiary/aromatic N) is 2. The van der Waals surface area contributed by atoms with Gasteiger partial charge in [-0.1, -0.05) is 25.8 Å². The fraction of sp³-hybridized carbons (Fsp3) is 0.650. The average molecular weight is 340 g/mol. The number of fused-ring (bicyclic) bond motifs is 1. The van der Waals surface area contributed by atoms with Crippen LogP contribution in [0.4, 0.5) is 0 Å². The van der Waals surface area contributed by atoms with Gasteiger partial charge in [0.1, 0.15) is 0 Å². The van der Waals surface area contributed by atoms with Gasteiger partial charge in [-0.15, -0.1) is 0 Å². The van der Waals surface area contributed by atoms with Gasteiger partial charge in [-0.2, -0.15) is 0 Å². The first-order valence-corrected chi connectivity index (χ1v) is 9.61. The third kappa shape index (κ3) is 2.82. The zero-order valence-corrected chi connectivity index (χ0v) is 16.1. The highest BCUT2D eigenvalue weighted by Gasteiger charge is 2.51. The van der Waals surface area contributed by atoms with Crippen molar-refractivity contribution in [1.29, 1.82) is 0 Å². The SMILES string of the molecule is C[C@@H]1CCCCC1n1cnc2cc(B3OC(C)(C)C(C)(C)O3)ccc21. The minimum Gasteiger partial charge on any atom is -0.399 e. The van der Waals surface area contributed by atoms with E-state index in [4.69, 9.17) is 9.31 Å². The molecule has 1 saturated heterocycles. The third-order valence-corrected chi connectivity index (χ3v) is 6.55. The molecule has 1 aromatic carbocycles. The molecule has 1 aliphatic carbocycles. The van der Waals surface area contributed by atoms with Crippen LogP contribution in [-0.2, 0) is 9.31 Å². The largest absolute Gasteiger partial charge is 0.494 e. The molecular formula is C20H29BN2O2. The lowest BCUT2D eigenvalue weighted by molar-refractivity contribution is 0.00578. The second-order valence-corrected chi connectivity index (χ2v) is 8.82. The molecule has 1 aromatic heterocycles. The van der Waals surface area contributed by atoms with Gasteiger partial charge in [0.05, 0.1) is 28.6 Å². The predicted octanol–water partition coefficient (Wildman–Crippen LogP) is 4.09. The van der Waals surface area contributed by atoms with Crippen molar-refractivity contribution in [1.82, 2.24) is 9.55 Å². The minimum absolute atomic E-state index is 0.316. The Bertz CT molecular complexity index is 767. The lowest BCUT2D eigenvalue weighted by atomic mass is 9.79. The van der Waals surface area contributed by atoms with Crippen LogP contribution in [-0.4, -0.2) is 27.9 Å². The average Bonchev–Trinajstić information content (AvgIpc) is 3.05. The Labute approximate surface area is 151 Å². The molecule has 134 valence electrons. The molecule has 1 unspecified atom stereocenters. The Kier molecular flexibility index (Phi) is 4.00. The summed E-state index contributed by atoms with van der Waals surface area (Å²) in [5.74, 6) is 0.717. The lowest BCUT2D eigenvalue weighted by Crippen LogP contribution is -2.41. The topological polar surface area (TPSA) is 36.3 Å². The number of rotatable bonds is 2. The zero-order valence-electron chi connectivity index (χ0n) is 16.1. The molecule has 0 radical (unpaired) electrons. The van der Waals surface area contributed by atoms with Crippen molar-refractivity contribution in [3.8, 4) is 0 Å². The van der Waals surface area contributed by atoms with E-state index in [1.165, 1.54) is 31.2 Å². The van der Waals surface area contributed by atoms with Crippen molar-refractivity contribution in [2.75, 3.05) is 0 Å². The Morgan fingerprint density at radius 1 is 1.08 bits per heavy atom. The van der Waals surface area contributed by atoms with Gasteiger partial charge in [0.15, 0.2) is 0 Å². The van der Waals surface area contributed by atoms with Crippen LogP contribution in [0.1, 0.15) is 66.3 Å². The highest BCUT2D eigenvalue weighted by molar-refractivity contribution is 6.62. The van der Waals surface area contributed by atoms with Gasteiger partial charge in [-0.25, -0.2) is 4.98 Å². The molecule has 0 N–H and O–H groups in total. The van der Waals surface area contributed by atoms with Gasteiger partial charge >= 0.3 is 7.12 Å². The first kappa shape index (κ1) is 17.1. The van der Waals surface area contributed by atoms with Crippen LogP contribution >= 0.6 is 0 Å². The lowest BCUT2D eigenvalue weighted by Gasteiger charge is -2.32. The van der Waals surface area contributed by atoms with E-state index in [-0.39, 0.29) is 18.3 Å². The van der Waals surface area contributed by atoms with Crippen molar-refractivity contribution in [2.24, 2.45) is 5.92 Å². The maximum atomic E-state index is 6.18. The van der Waals surface area contributed by atoms with E-state index in [9.17, 15) is 0 Å². The summed E-state index contributed by atoms with van der Waals surface area (Å²) in [6, 6.07) is 7.02. The van der Waals surface area contributed by atoms with E-state index in [1.54, 1.807) is 0 Å². The molecule has 25 heavy (non-hydrogen) atoms. The molecule has 0 bridgehead atoms. The smallest absolute Gasteiger partial charge is 0.399 e. The summed E-state index contributed by atoms with van der Waals surface area (Å²) in [4.78, 5) is 4.68. The standard InChI is InChI=1S/C20H29BN2O2/c1-14-8-6-7-9-17(14)23-13-22-16-12-15(10-11-18(16)23)21-24-19(2,3)20(4,5)25-21/h10-14,17H,6-9H2,1-5H3/t14-,17?/m1/s1. The molecule has 2 aromatic rings. The summed E-state index contributed by atoms with van der Waals surface area (Å²) in [5.41, 5.74) is 2.67. The Hall–Kier alpha value is -1.33. The van der Waals surface area contributed by atoms with Crippen molar-refractivity contribution >= 4 is 23.6 Å². The molecule has 4 nitrogen and oxygen atoms in total. The first-order chi connectivity index (χ1) is 11.8. The van der Waals surface area contributed by atoms with Crippen LogP contribution in [0, 0.1) is 5.92 Å². The summed E-state index contributed by atoms with van der Waals surface area (Å²) < 4.78 is 14.7. The summed E-state index contributed by atoms with van der Waals surface area (Å²) in [5, 5.41) is 0. The van der Waals surface area contributed by atoms with E-state index >= 15 is 0 Å². The molecule has 1 saturated carbocycles. The summed E-state index contributed by atoms with van der Waals surface area (Å²) in [6.07, 6.45) is 7.27. The number of aromatic nitrogens is 2. The van der Waals surface area contributed by atoms with E-state index in [0.717, 1.165) is 11.0 Å². The van der Waals surface area contributed by atoms with Crippen LogP contribution in [0.3, 0.4) is 0 Å². The summed E-state index contributed by atoms with van der Waals surface area (Å²) >= 11 is 0. The third-order valence-electron chi connectivity index (χ3n) is 6.55. The molecule has 2 heterocycles. The fourth-order valence-corrected chi connectivity index (χ4v) is 4.15. The van der Waals surface area contributed by atoms with E-state index in [0.29, 0.717) is 12.0 Å². The normalized spacial score (nSPS) is 28.6. The van der Waals surface area contributed by atoms with Crippen molar-refractivity contribution in [2.45, 2.75) is 77.5 Å². The molecule has 2 fully saturated rings. The maximum absolute atomic E-state index is 6.18. The molecule has 0 amide bonds. The monoisotopic (exact) mass is 340 g/mol. The predicted molar refractivity (Wildman–Crippen MR) is 102 cm³/mol. The minimum atomic E-state index is -0.326. The Balaban J connectivity index is 1.64. The van der Waals surface area contributed by atoms with Gasteiger partial charge in [-0.3, -0.25) is 0 Å². The number of hydrogen-bond donors (Lipinski definition) is 0. The number of imidazole rings is 1. The quantitative estimate of drug-likeness (QED) is 0.773. The highest BCUT2D eigenvalue weighted by Crippen LogP contribution is 2.37. The molecular weight excluding hydrogens is 311 g/mol. The highest BCUT2D eigenvalue weighted by atomic mass is 16.7. The van der Waals surface area contributed by atoms with Crippen molar-refractivity contribution < 1.29 is 9.31 Å². The summed E-state index contributed by atoms with van der Waals surface area (Å²) in [6.45, 7) is 10.7. The molecule has 0 spiro atoms. The molecule has 1 aliphatic heterocycles. The fourth-order valence-electron chi connectivity index (χ4n) is 4.15. The zero-order chi connectivity index (χ0) is 17.8. The summed E-state index contributed by atoms with van der Waals surface area (Å²) in [7, 11) is -0.326. The van der Waals surface area contributed by atoms with E-state index in [2.05, 4.69) is 62.4 Å². The Morgan fingerprint density at radius 3 is 2.44 bits per heavy atom. The molecule has 5 heteroatoms. The van der Waals surface area contributed by atoms with E-state index in [1.807, 2.05) is 6.33 Å². The van der Waals surface area contributed by atoms with Crippen LogP contribution in [0.15, 0.2) is 24.5 Å². The second-order valence-electron chi connectivity index (χ2n) is 8.82. The van der Waals surface area contributed by atoms with Crippen LogP contribution in [0.5, 0.6) is 0 Å². The van der Waals surface area contributed by atoms with Crippen LogP contribution < -0.4 is 5.46 Å². The molecule has 4 rings (SSSR count). The number of hydrogen-bond acceptors (Lipinski definition) is 3. The molecule has 2 atom stereocenters. The van der Waals surface area contributed by atoms with Gasteiger partial charge in [0.2, 0.25) is 0 Å². The van der Waals surface area contributed by atoms with Gasteiger partial charge in [0, 0.05) is 6.04 Å². The van der Waals surface area contributed by atoms with Gasteiger partial charge in [-0.05, 0) is 64.1 Å².